The van der Waals surface area contributed by atoms with Gasteiger partial charge in [0.05, 0.1) is 11.0 Å². The standard InChI is InChI=1S/C13H19N3O4/c1-3-4-10(17)8-15-11-6-5-9(13(18)14-2)7-12(11)16(19)20/h5-7,10,15,17H,3-4,8H2,1-2H3,(H,14,18). The summed E-state index contributed by atoms with van der Waals surface area (Å²) in [5.41, 5.74) is 0.325. The van der Waals surface area contributed by atoms with Crippen LogP contribution in [-0.4, -0.2) is 35.6 Å². The molecule has 0 heterocycles. The van der Waals surface area contributed by atoms with E-state index in [4.69, 9.17) is 0 Å². The monoisotopic (exact) mass is 281 g/mol. The Morgan fingerprint density at radius 2 is 2.20 bits per heavy atom. The molecule has 0 radical (unpaired) electrons. The molecule has 110 valence electrons. The van der Waals surface area contributed by atoms with E-state index in [2.05, 4.69) is 10.6 Å². The minimum absolute atomic E-state index is 0.185. The van der Waals surface area contributed by atoms with Gasteiger partial charge in [-0.3, -0.25) is 14.9 Å². The highest BCUT2D eigenvalue weighted by molar-refractivity contribution is 5.95. The van der Waals surface area contributed by atoms with Crippen LogP contribution >= 0.6 is 0 Å². The van der Waals surface area contributed by atoms with Crippen LogP contribution in [0.25, 0.3) is 0 Å². The molecule has 1 aromatic carbocycles. The number of rotatable bonds is 7. The summed E-state index contributed by atoms with van der Waals surface area (Å²) < 4.78 is 0. The number of aliphatic hydroxyl groups is 1. The van der Waals surface area contributed by atoms with Crippen LogP contribution in [0.2, 0.25) is 0 Å². The van der Waals surface area contributed by atoms with Crippen molar-refractivity contribution in [1.29, 1.82) is 0 Å². The number of nitro groups is 1. The molecule has 0 aliphatic heterocycles. The minimum Gasteiger partial charge on any atom is -0.391 e. The smallest absolute Gasteiger partial charge is 0.293 e. The quantitative estimate of drug-likeness (QED) is 0.519. The fourth-order valence-electron chi connectivity index (χ4n) is 1.78. The second-order valence-electron chi connectivity index (χ2n) is 4.39. The molecule has 1 rings (SSSR count). The summed E-state index contributed by atoms with van der Waals surface area (Å²) in [4.78, 5) is 21.9. The molecule has 3 N–H and O–H groups in total. The van der Waals surface area contributed by atoms with E-state index in [1.54, 1.807) is 0 Å². The Morgan fingerprint density at radius 3 is 2.75 bits per heavy atom. The lowest BCUT2D eigenvalue weighted by Crippen LogP contribution is -2.20. The third kappa shape index (κ3) is 4.20. The van der Waals surface area contributed by atoms with E-state index in [0.717, 1.165) is 6.42 Å². The summed E-state index contributed by atoms with van der Waals surface area (Å²) >= 11 is 0. The van der Waals surface area contributed by atoms with E-state index >= 15 is 0 Å². The Balaban J connectivity index is 2.90. The van der Waals surface area contributed by atoms with Crippen molar-refractivity contribution in [2.45, 2.75) is 25.9 Å². The van der Waals surface area contributed by atoms with E-state index in [9.17, 15) is 20.0 Å². The predicted octanol–water partition coefficient (Wildman–Crippen LogP) is 1.53. The number of hydrogen-bond donors (Lipinski definition) is 3. The molecule has 0 fully saturated rings. The van der Waals surface area contributed by atoms with Crippen molar-refractivity contribution in [1.82, 2.24) is 5.32 Å². The second-order valence-corrected chi connectivity index (χ2v) is 4.39. The fraction of sp³-hybridized carbons (Fsp3) is 0.462. The molecular formula is C13H19N3O4. The highest BCUT2D eigenvalue weighted by Gasteiger charge is 2.17. The van der Waals surface area contributed by atoms with Crippen LogP contribution in [0.4, 0.5) is 11.4 Å². The first kappa shape index (κ1) is 15.9. The summed E-state index contributed by atoms with van der Waals surface area (Å²) in [5.74, 6) is -0.384. The lowest BCUT2D eigenvalue weighted by atomic mass is 10.1. The van der Waals surface area contributed by atoms with Gasteiger partial charge in [-0.25, -0.2) is 0 Å². The van der Waals surface area contributed by atoms with Crippen molar-refractivity contribution in [2.24, 2.45) is 0 Å². The third-order valence-corrected chi connectivity index (χ3v) is 2.83. The zero-order chi connectivity index (χ0) is 15.1. The van der Waals surface area contributed by atoms with Crippen LogP contribution in [0.5, 0.6) is 0 Å². The average Bonchev–Trinajstić information content (AvgIpc) is 2.44. The Labute approximate surface area is 117 Å². The number of nitrogens with one attached hydrogen (secondary N) is 2. The Morgan fingerprint density at radius 1 is 1.50 bits per heavy atom. The molecular weight excluding hydrogens is 262 g/mol. The Kier molecular flexibility index (Phi) is 5.92. The number of amides is 1. The Bertz CT molecular complexity index is 491. The maximum atomic E-state index is 11.5. The first-order chi connectivity index (χ1) is 9.49. The van der Waals surface area contributed by atoms with Gasteiger partial charge < -0.3 is 15.7 Å². The third-order valence-electron chi connectivity index (χ3n) is 2.83. The SMILES string of the molecule is CCCC(O)CNc1ccc(C(=O)NC)cc1[N+](=O)[O-]. The zero-order valence-corrected chi connectivity index (χ0v) is 11.5. The van der Waals surface area contributed by atoms with Crippen molar-refractivity contribution in [2.75, 3.05) is 18.9 Å². The molecule has 7 nitrogen and oxygen atoms in total. The largest absolute Gasteiger partial charge is 0.391 e. The molecule has 0 bridgehead atoms. The molecule has 0 saturated heterocycles. The van der Waals surface area contributed by atoms with Gasteiger partial charge in [-0.05, 0) is 18.6 Å². The molecule has 1 amide bonds. The van der Waals surface area contributed by atoms with E-state index in [1.165, 1.54) is 25.2 Å². The van der Waals surface area contributed by atoms with Crippen LogP contribution < -0.4 is 10.6 Å². The van der Waals surface area contributed by atoms with Gasteiger partial charge in [0.15, 0.2) is 0 Å². The zero-order valence-electron chi connectivity index (χ0n) is 11.5. The summed E-state index contributed by atoms with van der Waals surface area (Å²) in [7, 11) is 1.46. The number of carbonyl (C=O) groups is 1. The van der Waals surface area contributed by atoms with Gasteiger partial charge in [-0.15, -0.1) is 0 Å². The number of nitrogens with zero attached hydrogens (tertiary/aromatic N) is 1. The molecule has 0 saturated carbocycles. The predicted molar refractivity (Wildman–Crippen MR) is 75.9 cm³/mol. The summed E-state index contributed by atoms with van der Waals surface area (Å²) in [5, 5.41) is 25.9. The van der Waals surface area contributed by atoms with E-state index < -0.39 is 11.0 Å². The second kappa shape index (κ2) is 7.44. The van der Waals surface area contributed by atoms with Crippen LogP contribution in [0, 0.1) is 10.1 Å². The maximum absolute atomic E-state index is 11.5. The average molecular weight is 281 g/mol. The van der Waals surface area contributed by atoms with E-state index in [-0.39, 0.29) is 29.4 Å². The van der Waals surface area contributed by atoms with Crippen LogP contribution in [0.15, 0.2) is 18.2 Å². The molecule has 0 aromatic heterocycles. The topological polar surface area (TPSA) is 104 Å². The molecule has 0 aliphatic rings. The van der Waals surface area contributed by atoms with Crippen molar-refractivity contribution < 1.29 is 14.8 Å². The lowest BCUT2D eigenvalue weighted by molar-refractivity contribution is -0.384. The van der Waals surface area contributed by atoms with Crippen LogP contribution in [0.3, 0.4) is 0 Å². The number of aliphatic hydroxyl groups excluding tert-OH is 1. The van der Waals surface area contributed by atoms with Crippen molar-refractivity contribution in [3.8, 4) is 0 Å². The van der Waals surface area contributed by atoms with Crippen molar-refractivity contribution in [3.63, 3.8) is 0 Å². The lowest BCUT2D eigenvalue weighted by Gasteiger charge is -2.12. The van der Waals surface area contributed by atoms with Gasteiger partial charge in [0, 0.05) is 25.2 Å². The number of nitro benzene ring substituents is 1. The number of benzene rings is 1. The van der Waals surface area contributed by atoms with Crippen molar-refractivity contribution in [3.05, 3.63) is 33.9 Å². The molecule has 20 heavy (non-hydrogen) atoms. The molecule has 1 aromatic rings. The van der Waals surface area contributed by atoms with Crippen LogP contribution in [-0.2, 0) is 0 Å². The normalized spacial score (nSPS) is 11.8. The van der Waals surface area contributed by atoms with Gasteiger partial charge in [0.2, 0.25) is 0 Å². The summed E-state index contributed by atoms with van der Waals surface area (Å²) in [6.07, 6.45) is 0.899. The van der Waals surface area contributed by atoms with Gasteiger partial charge >= 0.3 is 0 Å². The van der Waals surface area contributed by atoms with E-state index in [0.29, 0.717) is 6.42 Å². The highest BCUT2D eigenvalue weighted by Crippen LogP contribution is 2.25. The van der Waals surface area contributed by atoms with Gasteiger partial charge in [0.1, 0.15) is 5.69 Å². The van der Waals surface area contributed by atoms with E-state index in [1.807, 2.05) is 6.92 Å². The van der Waals surface area contributed by atoms with Crippen LogP contribution in [0.1, 0.15) is 30.1 Å². The number of hydrogen-bond acceptors (Lipinski definition) is 5. The molecule has 7 heteroatoms. The molecule has 1 atom stereocenters. The van der Waals surface area contributed by atoms with Gasteiger partial charge in [0.25, 0.3) is 11.6 Å². The molecule has 0 spiro atoms. The van der Waals surface area contributed by atoms with Gasteiger partial charge in [-0.2, -0.15) is 0 Å². The highest BCUT2D eigenvalue weighted by atomic mass is 16.6. The van der Waals surface area contributed by atoms with Crippen molar-refractivity contribution >= 4 is 17.3 Å². The number of carbonyl (C=O) groups excluding carboxylic acids is 1. The first-order valence-electron chi connectivity index (χ1n) is 6.42. The fourth-order valence-corrected chi connectivity index (χ4v) is 1.78. The molecule has 0 aliphatic carbocycles. The summed E-state index contributed by atoms with van der Waals surface area (Å²) in [6, 6.07) is 4.19. The number of anilines is 1. The Hall–Kier alpha value is -2.15. The minimum atomic E-state index is -0.557. The summed E-state index contributed by atoms with van der Waals surface area (Å²) in [6.45, 7) is 2.18. The maximum Gasteiger partial charge on any atom is 0.293 e. The molecule has 1 unspecified atom stereocenters. The first-order valence-corrected chi connectivity index (χ1v) is 6.42. The van der Waals surface area contributed by atoms with Gasteiger partial charge in [-0.1, -0.05) is 13.3 Å².